The summed E-state index contributed by atoms with van der Waals surface area (Å²) in [4.78, 5) is 12.0. The lowest BCUT2D eigenvalue weighted by Gasteiger charge is -2.39. The summed E-state index contributed by atoms with van der Waals surface area (Å²) >= 11 is 0. The van der Waals surface area contributed by atoms with Crippen LogP contribution in [0.1, 0.15) is 45.4 Å². The zero-order valence-electron chi connectivity index (χ0n) is 9.59. The van der Waals surface area contributed by atoms with Crippen molar-refractivity contribution >= 4 is 5.91 Å². The minimum absolute atomic E-state index is 0.203. The number of rotatable bonds is 3. The van der Waals surface area contributed by atoms with Crippen LogP contribution in [0.3, 0.4) is 0 Å². The van der Waals surface area contributed by atoms with Gasteiger partial charge in [-0.25, -0.2) is 0 Å². The van der Waals surface area contributed by atoms with Gasteiger partial charge in [-0.1, -0.05) is 13.3 Å². The molecule has 2 aliphatic rings. The fourth-order valence-corrected chi connectivity index (χ4v) is 2.80. The molecule has 0 heterocycles. The van der Waals surface area contributed by atoms with E-state index in [-0.39, 0.29) is 11.3 Å². The Labute approximate surface area is 91.8 Å². The summed E-state index contributed by atoms with van der Waals surface area (Å²) in [6, 6.07) is 0.413. The first kappa shape index (κ1) is 10.9. The molecule has 3 N–H and O–H groups in total. The molecule has 2 unspecified atom stereocenters. The van der Waals surface area contributed by atoms with Gasteiger partial charge in [-0.05, 0) is 38.0 Å². The van der Waals surface area contributed by atoms with Gasteiger partial charge < -0.3 is 11.1 Å². The number of hydrogen-bond donors (Lipinski definition) is 2. The fraction of sp³-hybridized carbons (Fsp3) is 0.917. The van der Waals surface area contributed by atoms with Gasteiger partial charge in [0, 0.05) is 12.6 Å². The zero-order chi connectivity index (χ0) is 10.9. The van der Waals surface area contributed by atoms with Gasteiger partial charge in [0.25, 0.3) is 0 Å². The van der Waals surface area contributed by atoms with Crippen molar-refractivity contribution in [2.75, 3.05) is 6.54 Å². The standard InChI is InChI=1S/C12H22N2O/c1-9-3-4-10(7-9)14-11(15)12(8-13)5-2-6-12/h9-10H,2-8,13H2,1H3,(H,14,15). The Balaban J connectivity index is 1.86. The second-order valence-corrected chi connectivity index (χ2v) is 5.43. The van der Waals surface area contributed by atoms with Crippen molar-refractivity contribution in [3.05, 3.63) is 0 Å². The summed E-state index contributed by atoms with van der Waals surface area (Å²) < 4.78 is 0. The van der Waals surface area contributed by atoms with Crippen molar-refractivity contribution in [3.8, 4) is 0 Å². The molecule has 0 aliphatic heterocycles. The molecule has 3 heteroatoms. The molecule has 2 aliphatic carbocycles. The van der Waals surface area contributed by atoms with Crippen LogP contribution in [0.4, 0.5) is 0 Å². The van der Waals surface area contributed by atoms with Gasteiger partial charge in [-0.15, -0.1) is 0 Å². The summed E-state index contributed by atoms with van der Waals surface area (Å²) in [5.74, 6) is 0.987. The zero-order valence-corrected chi connectivity index (χ0v) is 9.59. The first-order valence-corrected chi connectivity index (χ1v) is 6.17. The maximum atomic E-state index is 12.0. The van der Waals surface area contributed by atoms with Gasteiger partial charge in [-0.2, -0.15) is 0 Å². The van der Waals surface area contributed by atoms with Crippen LogP contribution in [0, 0.1) is 11.3 Å². The quantitative estimate of drug-likeness (QED) is 0.740. The Bertz CT molecular complexity index is 242. The third-order valence-electron chi connectivity index (χ3n) is 4.21. The summed E-state index contributed by atoms with van der Waals surface area (Å²) in [5, 5.41) is 3.18. The van der Waals surface area contributed by atoms with Crippen LogP contribution in [0.5, 0.6) is 0 Å². The third kappa shape index (κ3) is 2.03. The molecule has 1 amide bonds. The van der Waals surface area contributed by atoms with E-state index < -0.39 is 0 Å². The maximum absolute atomic E-state index is 12.0. The van der Waals surface area contributed by atoms with E-state index in [2.05, 4.69) is 12.2 Å². The van der Waals surface area contributed by atoms with Gasteiger partial charge in [0.15, 0.2) is 0 Å². The largest absolute Gasteiger partial charge is 0.353 e. The van der Waals surface area contributed by atoms with E-state index in [1.54, 1.807) is 0 Å². The summed E-state index contributed by atoms with van der Waals surface area (Å²) in [6.45, 7) is 2.77. The number of hydrogen-bond acceptors (Lipinski definition) is 2. The molecule has 2 rings (SSSR count). The Hall–Kier alpha value is -0.570. The number of amides is 1. The van der Waals surface area contributed by atoms with Gasteiger partial charge in [0.2, 0.25) is 5.91 Å². The van der Waals surface area contributed by atoms with Crippen LogP contribution >= 0.6 is 0 Å². The van der Waals surface area contributed by atoms with Crippen molar-refractivity contribution in [3.63, 3.8) is 0 Å². The van der Waals surface area contributed by atoms with E-state index in [0.29, 0.717) is 12.6 Å². The molecule has 0 spiro atoms. The predicted molar refractivity (Wildman–Crippen MR) is 60.3 cm³/mol. The average Bonchev–Trinajstić information content (AvgIpc) is 2.50. The molecule has 0 aromatic carbocycles. The molecule has 2 atom stereocenters. The Morgan fingerprint density at radius 3 is 2.60 bits per heavy atom. The van der Waals surface area contributed by atoms with Crippen molar-refractivity contribution < 1.29 is 4.79 Å². The molecule has 0 radical (unpaired) electrons. The molecule has 0 bridgehead atoms. The van der Waals surface area contributed by atoms with Gasteiger partial charge in [0.05, 0.1) is 5.41 Å². The van der Waals surface area contributed by atoms with Crippen molar-refractivity contribution in [1.82, 2.24) is 5.32 Å². The minimum Gasteiger partial charge on any atom is -0.353 e. The fourth-order valence-electron chi connectivity index (χ4n) is 2.80. The van der Waals surface area contributed by atoms with Crippen LogP contribution in [0.25, 0.3) is 0 Å². The van der Waals surface area contributed by atoms with Gasteiger partial charge in [0.1, 0.15) is 0 Å². The van der Waals surface area contributed by atoms with Crippen LogP contribution in [0.15, 0.2) is 0 Å². The molecular formula is C12H22N2O. The molecule has 2 fully saturated rings. The Morgan fingerprint density at radius 1 is 1.47 bits per heavy atom. The van der Waals surface area contributed by atoms with E-state index in [0.717, 1.165) is 38.0 Å². The normalized spacial score (nSPS) is 33.5. The first-order chi connectivity index (χ1) is 7.16. The van der Waals surface area contributed by atoms with Crippen LogP contribution < -0.4 is 11.1 Å². The molecule has 2 saturated carbocycles. The second-order valence-electron chi connectivity index (χ2n) is 5.43. The van der Waals surface area contributed by atoms with E-state index in [9.17, 15) is 4.79 Å². The van der Waals surface area contributed by atoms with Crippen molar-refractivity contribution in [2.24, 2.45) is 17.1 Å². The monoisotopic (exact) mass is 210 g/mol. The maximum Gasteiger partial charge on any atom is 0.227 e. The molecule has 86 valence electrons. The lowest BCUT2D eigenvalue weighted by molar-refractivity contribution is -0.135. The summed E-state index contributed by atoms with van der Waals surface area (Å²) in [6.07, 6.45) is 6.67. The van der Waals surface area contributed by atoms with Crippen LogP contribution in [-0.4, -0.2) is 18.5 Å². The summed E-state index contributed by atoms with van der Waals surface area (Å²) in [5.41, 5.74) is 5.51. The molecular weight excluding hydrogens is 188 g/mol. The highest BCUT2D eigenvalue weighted by Gasteiger charge is 2.43. The third-order valence-corrected chi connectivity index (χ3v) is 4.21. The SMILES string of the molecule is CC1CCC(NC(=O)C2(CN)CCC2)C1. The highest BCUT2D eigenvalue weighted by molar-refractivity contribution is 5.84. The predicted octanol–water partition coefficient (Wildman–Crippen LogP) is 1.42. The van der Waals surface area contributed by atoms with Gasteiger partial charge in [-0.3, -0.25) is 4.79 Å². The highest BCUT2D eigenvalue weighted by Crippen LogP contribution is 2.40. The van der Waals surface area contributed by atoms with E-state index >= 15 is 0 Å². The second kappa shape index (κ2) is 4.12. The molecule has 15 heavy (non-hydrogen) atoms. The number of carbonyl (C=O) groups excluding carboxylic acids is 1. The Morgan fingerprint density at radius 2 is 2.20 bits per heavy atom. The molecule has 0 saturated heterocycles. The smallest absolute Gasteiger partial charge is 0.227 e. The summed E-state index contributed by atoms with van der Waals surface area (Å²) in [7, 11) is 0. The van der Waals surface area contributed by atoms with Crippen LogP contribution in [-0.2, 0) is 4.79 Å². The highest BCUT2D eigenvalue weighted by atomic mass is 16.2. The van der Waals surface area contributed by atoms with E-state index in [4.69, 9.17) is 5.73 Å². The van der Waals surface area contributed by atoms with E-state index in [1.165, 1.54) is 6.42 Å². The Kier molecular flexibility index (Phi) is 3.01. The van der Waals surface area contributed by atoms with Crippen LogP contribution in [0.2, 0.25) is 0 Å². The topological polar surface area (TPSA) is 55.1 Å². The number of nitrogens with one attached hydrogen (secondary N) is 1. The lowest BCUT2D eigenvalue weighted by atomic mass is 9.68. The molecule has 0 aromatic heterocycles. The number of nitrogens with two attached hydrogens (primary N) is 1. The van der Waals surface area contributed by atoms with Crippen molar-refractivity contribution in [1.29, 1.82) is 0 Å². The molecule has 0 aromatic rings. The average molecular weight is 210 g/mol. The minimum atomic E-state index is -0.203. The van der Waals surface area contributed by atoms with Gasteiger partial charge >= 0.3 is 0 Å². The number of carbonyl (C=O) groups is 1. The lowest BCUT2D eigenvalue weighted by Crippen LogP contribution is -2.52. The molecule has 3 nitrogen and oxygen atoms in total. The van der Waals surface area contributed by atoms with Crippen molar-refractivity contribution in [2.45, 2.75) is 51.5 Å². The first-order valence-electron chi connectivity index (χ1n) is 6.17. The van der Waals surface area contributed by atoms with E-state index in [1.807, 2.05) is 0 Å².